The lowest BCUT2D eigenvalue weighted by molar-refractivity contribution is -0.135. The van der Waals surface area contributed by atoms with Crippen molar-refractivity contribution in [3.05, 3.63) is 65.0 Å². The van der Waals surface area contributed by atoms with Crippen molar-refractivity contribution in [3.8, 4) is 5.75 Å². The molecule has 2 unspecified atom stereocenters. The second-order valence-corrected chi connectivity index (χ2v) is 7.72. The fourth-order valence-electron chi connectivity index (χ4n) is 4.57. The van der Waals surface area contributed by atoms with Crippen LogP contribution in [0.15, 0.2) is 42.5 Å². The molecule has 4 nitrogen and oxygen atoms in total. The van der Waals surface area contributed by atoms with Crippen LogP contribution in [-0.2, 0) is 11.2 Å². The van der Waals surface area contributed by atoms with Crippen LogP contribution in [-0.4, -0.2) is 37.6 Å². The van der Waals surface area contributed by atoms with Crippen molar-refractivity contribution in [3.63, 3.8) is 0 Å². The molecule has 2 aromatic rings. The number of fused-ring (bicyclic) bond motifs is 1. The topological polar surface area (TPSA) is 41.6 Å². The number of hydrogen-bond acceptors (Lipinski definition) is 3. The van der Waals surface area contributed by atoms with Crippen LogP contribution in [0.25, 0.3) is 0 Å². The number of rotatable bonds is 4. The van der Waals surface area contributed by atoms with E-state index in [4.69, 9.17) is 4.74 Å². The van der Waals surface area contributed by atoms with Gasteiger partial charge in [0, 0.05) is 26.1 Å². The van der Waals surface area contributed by atoms with E-state index in [0.717, 1.165) is 37.1 Å². The summed E-state index contributed by atoms with van der Waals surface area (Å²) in [6.07, 6.45) is 3.66. The van der Waals surface area contributed by atoms with Crippen molar-refractivity contribution in [1.82, 2.24) is 10.2 Å². The summed E-state index contributed by atoms with van der Waals surface area (Å²) in [6.45, 7) is 2.09. The lowest BCUT2D eigenvalue weighted by Gasteiger charge is -2.38. The monoisotopic (exact) mass is 382 g/mol. The molecule has 1 aliphatic heterocycles. The molecule has 1 heterocycles. The first kappa shape index (κ1) is 18.9. The van der Waals surface area contributed by atoms with Gasteiger partial charge in [0.25, 0.3) is 0 Å². The molecular formula is C23H27FN2O2. The number of halogens is 1. The average molecular weight is 382 g/mol. The Morgan fingerprint density at radius 1 is 1.29 bits per heavy atom. The second kappa shape index (κ2) is 8.31. The van der Waals surface area contributed by atoms with E-state index in [1.807, 2.05) is 17.0 Å². The number of aryl methyl sites for hydroxylation is 1. The number of ether oxygens (including phenoxy) is 1. The summed E-state index contributed by atoms with van der Waals surface area (Å²) in [5, 5.41) is 3.34. The number of piperazine rings is 1. The fourth-order valence-corrected chi connectivity index (χ4v) is 4.57. The summed E-state index contributed by atoms with van der Waals surface area (Å²) < 4.78 is 19.1. The normalized spacial score (nSPS) is 21.9. The van der Waals surface area contributed by atoms with Crippen molar-refractivity contribution in [2.24, 2.45) is 0 Å². The lowest BCUT2D eigenvalue weighted by Crippen LogP contribution is -2.49. The predicted molar refractivity (Wildman–Crippen MR) is 107 cm³/mol. The number of amides is 1. The number of carbonyl (C=O) groups excluding carboxylic acids is 1. The molecule has 1 fully saturated rings. The molecule has 2 atom stereocenters. The van der Waals surface area contributed by atoms with E-state index < -0.39 is 0 Å². The Morgan fingerprint density at radius 2 is 2.18 bits per heavy atom. The minimum atomic E-state index is -0.259. The summed E-state index contributed by atoms with van der Waals surface area (Å²) in [4.78, 5) is 15.2. The Morgan fingerprint density at radius 3 is 3.00 bits per heavy atom. The van der Waals surface area contributed by atoms with Crippen molar-refractivity contribution in [2.45, 2.75) is 37.6 Å². The van der Waals surface area contributed by atoms with E-state index in [1.165, 1.54) is 17.2 Å². The Bertz CT molecular complexity index is 854. The van der Waals surface area contributed by atoms with Crippen molar-refractivity contribution in [1.29, 1.82) is 0 Å². The van der Waals surface area contributed by atoms with Crippen molar-refractivity contribution >= 4 is 5.91 Å². The van der Waals surface area contributed by atoms with Gasteiger partial charge in [0.1, 0.15) is 11.6 Å². The van der Waals surface area contributed by atoms with E-state index in [2.05, 4.69) is 17.4 Å². The quantitative estimate of drug-likeness (QED) is 0.874. The number of nitrogens with zero attached hydrogens (tertiary/aromatic N) is 1. The first-order chi connectivity index (χ1) is 13.7. The van der Waals surface area contributed by atoms with E-state index in [1.54, 1.807) is 19.2 Å². The number of methoxy groups -OCH3 is 1. The van der Waals surface area contributed by atoms with Gasteiger partial charge in [-0.05, 0) is 66.1 Å². The number of hydrogen-bond donors (Lipinski definition) is 1. The maximum absolute atomic E-state index is 13.7. The molecule has 1 saturated heterocycles. The second-order valence-electron chi connectivity index (χ2n) is 7.72. The molecule has 148 valence electrons. The van der Waals surface area contributed by atoms with Crippen molar-refractivity contribution in [2.75, 3.05) is 26.7 Å². The van der Waals surface area contributed by atoms with Crippen LogP contribution >= 0.6 is 0 Å². The smallest absolute Gasteiger partial charge is 0.223 e. The summed E-state index contributed by atoms with van der Waals surface area (Å²) in [7, 11) is 1.68. The van der Waals surface area contributed by atoms with Gasteiger partial charge in [-0.1, -0.05) is 18.2 Å². The molecule has 0 aromatic heterocycles. The highest BCUT2D eigenvalue weighted by molar-refractivity contribution is 5.78. The molecule has 0 spiro atoms. The lowest BCUT2D eigenvalue weighted by atomic mass is 9.80. The van der Waals surface area contributed by atoms with Crippen LogP contribution in [0.4, 0.5) is 4.39 Å². The highest BCUT2D eigenvalue weighted by Gasteiger charge is 2.31. The van der Waals surface area contributed by atoms with Gasteiger partial charge < -0.3 is 15.0 Å². The number of benzene rings is 2. The van der Waals surface area contributed by atoms with Crippen LogP contribution in [0.2, 0.25) is 0 Å². The molecule has 5 heteroatoms. The van der Waals surface area contributed by atoms with E-state index in [9.17, 15) is 9.18 Å². The van der Waals surface area contributed by atoms with Gasteiger partial charge in [0.2, 0.25) is 5.91 Å². The molecule has 0 radical (unpaired) electrons. The summed E-state index contributed by atoms with van der Waals surface area (Å²) in [5.74, 6) is 1.01. The minimum Gasteiger partial charge on any atom is -0.497 e. The molecule has 0 saturated carbocycles. The fraction of sp³-hybridized carbons (Fsp3) is 0.435. The Balaban J connectivity index is 1.53. The highest BCUT2D eigenvalue weighted by atomic mass is 19.1. The third-order valence-electron chi connectivity index (χ3n) is 6.01. The summed E-state index contributed by atoms with van der Waals surface area (Å²) in [5.41, 5.74) is 3.43. The zero-order valence-electron chi connectivity index (χ0n) is 16.3. The van der Waals surface area contributed by atoms with E-state index in [-0.39, 0.29) is 23.7 Å². The highest BCUT2D eigenvalue weighted by Crippen LogP contribution is 2.37. The van der Waals surface area contributed by atoms with Crippen LogP contribution in [0, 0.1) is 5.82 Å². The Hall–Kier alpha value is -2.40. The van der Waals surface area contributed by atoms with E-state index >= 15 is 0 Å². The average Bonchev–Trinajstić information content (AvgIpc) is 2.73. The third-order valence-corrected chi connectivity index (χ3v) is 6.01. The zero-order valence-corrected chi connectivity index (χ0v) is 16.3. The third kappa shape index (κ3) is 3.90. The minimum absolute atomic E-state index is 0.115. The van der Waals surface area contributed by atoms with Gasteiger partial charge in [0.05, 0.1) is 13.2 Å². The van der Waals surface area contributed by atoms with Gasteiger partial charge >= 0.3 is 0 Å². The Kier molecular flexibility index (Phi) is 5.62. The van der Waals surface area contributed by atoms with Crippen LogP contribution in [0.1, 0.15) is 47.9 Å². The van der Waals surface area contributed by atoms with Crippen molar-refractivity contribution < 1.29 is 13.9 Å². The van der Waals surface area contributed by atoms with Gasteiger partial charge in [-0.15, -0.1) is 0 Å². The maximum Gasteiger partial charge on any atom is 0.223 e. The molecule has 0 bridgehead atoms. The SMILES string of the molecule is COc1ccc2c(c1)CCCC2CC(=O)N1CCNCC1c1cccc(F)c1. The van der Waals surface area contributed by atoms with Gasteiger partial charge in [-0.2, -0.15) is 0 Å². The summed E-state index contributed by atoms with van der Waals surface area (Å²) in [6, 6.07) is 12.7. The molecule has 4 rings (SSSR count). The van der Waals surface area contributed by atoms with Crippen LogP contribution < -0.4 is 10.1 Å². The standard InChI is InChI=1S/C23H27FN2O2/c1-28-20-8-9-21-16(13-20)4-2-5-17(21)14-23(27)26-11-10-25-15-22(26)18-6-3-7-19(24)12-18/h3,6-9,12-13,17,22,25H,2,4-5,10-11,14-15H2,1H3. The largest absolute Gasteiger partial charge is 0.497 e. The first-order valence-corrected chi connectivity index (χ1v) is 10.1. The van der Waals surface area contributed by atoms with Gasteiger partial charge in [-0.25, -0.2) is 4.39 Å². The molecule has 1 amide bonds. The molecule has 1 N–H and O–H groups in total. The molecule has 2 aliphatic rings. The number of carbonyl (C=O) groups is 1. The molecule has 2 aromatic carbocycles. The Labute approximate surface area is 165 Å². The van der Waals surface area contributed by atoms with E-state index in [0.29, 0.717) is 19.5 Å². The van der Waals surface area contributed by atoms with Crippen LogP contribution in [0.3, 0.4) is 0 Å². The van der Waals surface area contributed by atoms with Gasteiger partial charge in [0.15, 0.2) is 0 Å². The predicted octanol–water partition coefficient (Wildman–Crippen LogP) is 3.82. The van der Waals surface area contributed by atoms with Gasteiger partial charge in [-0.3, -0.25) is 4.79 Å². The molecular weight excluding hydrogens is 355 g/mol. The first-order valence-electron chi connectivity index (χ1n) is 10.1. The molecule has 28 heavy (non-hydrogen) atoms. The zero-order chi connectivity index (χ0) is 19.5. The number of nitrogens with one attached hydrogen (secondary N) is 1. The van der Waals surface area contributed by atoms with Crippen LogP contribution in [0.5, 0.6) is 5.75 Å². The molecule has 1 aliphatic carbocycles. The summed E-state index contributed by atoms with van der Waals surface area (Å²) >= 11 is 0. The maximum atomic E-state index is 13.7.